The Morgan fingerprint density at radius 2 is 2.00 bits per heavy atom. The molecule has 1 aromatic heterocycles. The van der Waals surface area contributed by atoms with Crippen LogP contribution in [0.5, 0.6) is 5.75 Å². The van der Waals surface area contributed by atoms with E-state index in [1.165, 1.54) is 18.1 Å². The molecule has 1 fully saturated rings. The first-order valence-electron chi connectivity index (χ1n) is 11.1. The van der Waals surface area contributed by atoms with Gasteiger partial charge < -0.3 is 14.6 Å². The minimum Gasteiger partial charge on any atom is -0.507 e. The van der Waals surface area contributed by atoms with E-state index in [1.54, 1.807) is 50.2 Å². The van der Waals surface area contributed by atoms with Gasteiger partial charge >= 0.3 is 11.9 Å². The van der Waals surface area contributed by atoms with Crippen molar-refractivity contribution in [3.05, 3.63) is 92.4 Å². The van der Waals surface area contributed by atoms with E-state index in [-0.39, 0.29) is 27.9 Å². The monoisotopic (exact) mass is 582 g/mol. The van der Waals surface area contributed by atoms with Gasteiger partial charge in [-0.25, -0.2) is 9.78 Å². The van der Waals surface area contributed by atoms with Gasteiger partial charge in [-0.3, -0.25) is 14.5 Å². The van der Waals surface area contributed by atoms with Gasteiger partial charge in [-0.1, -0.05) is 52.1 Å². The highest BCUT2D eigenvalue weighted by atomic mass is 79.9. The van der Waals surface area contributed by atoms with Gasteiger partial charge in [0.15, 0.2) is 5.13 Å². The van der Waals surface area contributed by atoms with Crippen molar-refractivity contribution in [1.29, 1.82) is 0 Å². The molecule has 4 rings (SSSR count). The zero-order valence-electron chi connectivity index (χ0n) is 20.3. The normalized spacial score (nSPS) is 16.6. The number of aryl methyl sites for hydroxylation is 2. The first-order chi connectivity index (χ1) is 17.7. The Morgan fingerprint density at radius 3 is 2.65 bits per heavy atom. The number of thiazole rings is 1. The van der Waals surface area contributed by atoms with Gasteiger partial charge in [0.25, 0.3) is 5.78 Å². The Kier molecular flexibility index (Phi) is 7.60. The number of hydrogen-bond donors (Lipinski definition) is 1. The first-order valence-corrected chi connectivity index (χ1v) is 12.8. The Bertz CT molecular complexity index is 1460. The lowest BCUT2D eigenvalue weighted by Crippen LogP contribution is -2.29. The summed E-state index contributed by atoms with van der Waals surface area (Å²) in [6.07, 6.45) is 1.45. The number of carbonyl (C=O) groups excluding carboxylic acids is 3. The Balaban J connectivity index is 1.90. The van der Waals surface area contributed by atoms with Crippen molar-refractivity contribution < 1.29 is 29.0 Å². The highest BCUT2D eigenvalue weighted by molar-refractivity contribution is 9.10. The summed E-state index contributed by atoms with van der Waals surface area (Å²) >= 11 is 4.38. The quantitative estimate of drug-likeness (QED) is 0.129. The molecule has 1 aliphatic rings. The maximum Gasteiger partial charge on any atom is 0.350 e. The molecule has 10 heteroatoms. The van der Waals surface area contributed by atoms with Crippen molar-refractivity contribution >= 4 is 55.8 Å². The van der Waals surface area contributed by atoms with Crippen molar-refractivity contribution in [2.45, 2.75) is 19.9 Å². The average molecular weight is 583 g/mol. The van der Waals surface area contributed by atoms with Crippen molar-refractivity contribution in [1.82, 2.24) is 4.98 Å². The van der Waals surface area contributed by atoms with Crippen molar-refractivity contribution in [3.63, 3.8) is 0 Å². The maximum absolute atomic E-state index is 13.4. The van der Waals surface area contributed by atoms with Gasteiger partial charge in [0.2, 0.25) is 0 Å². The standard InChI is InChI=1S/C27H23BrN2O6S/c1-5-11-36-26(34)24-15(3)29-27(37-24)30-21(16-7-6-8-17(28)13-16)20(23(32)25(30)33)22(31)19-10-9-18(35-4)12-14(19)2/h5-10,12-13,21,31H,1,11H2,2-4H3. The minimum atomic E-state index is -0.985. The van der Waals surface area contributed by atoms with Crippen molar-refractivity contribution in [2.24, 2.45) is 0 Å². The number of aliphatic hydroxyl groups excluding tert-OH is 1. The van der Waals surface area contributed by atoms with Crippen LogP contribution in [0.25, 0.3) is 5.76 Å². The fourth-order valence-corrected chi connectivity index (χ4v) is 5.47. The molecule has 37 heavy (non-hydrogen) atoms. The van der Waals surface area contributed by atoms with E-state index in [4.69, 9.17) is 9.47 Å². The fraction of sp³-hybridized carbons (Fsp3) is 0.185. The van der Waals surface area contributed by atoms with Crippen LogP contribution in [0.3, 0.4) is 0 Å². The molecule has 1 saturated heterocycles. The van der Waals surface area contributed by atoms with Gasteiger partial charge in [0.05, 0.1) is 24.4 Å². The Labute approximate surface area is 226 Å². The maximum atomic E-state index is 13.4. The van der Waals surface area contributed by atoms with Gasteiger partial charge in [0.1, 0.15) is 23.0 Å². The second-order valence-electron chi connectivity index (χ2n) is 8.20. The summed E-state index contributed by atoms with van der Waals surface area (Å²) in [7, 11) is 1.53. The number of nitrogens with zero attached hydrogens (tertiary/aromatic N) is 2. The highest BCUT2D eigenvalue weighted by Crippen LogP contribution is 2.44. The molecule has 0 radical (unpaired) electrons. The average Bonchev–Trinajstić information content (AvgIpc) is 3.38. The molecule has 2 heterocycles. The van der Waals surface area contributed by atoms with Crippen LogP contribution in [0.15, 0.2) is 65.2 Å². The third-order valence-corrected chi connectivity index (χ3v) is 7.44. The molecule has 1 amide bonds. The van der Waals surface area contributed by atoms with Gasteiger partial charge in [-0.05, 0) is 55.3 Å². The van der Waals surface area contributed by atoms with Crippen LogP contribution >= 0.6 is 27.3 Å². The number of aliphatic hydroxyl groups is 1. The van der Waals surface area contributed by atoms with E-state index in [0.717, 1.165) is 15.8 Å². The van der Waals surface area contributed by atoms with E-state index in [2.05, 4.69) is 27.5 Å². The molecular formula is C27H23BrN2O6S. The lowest BCUT2D eigenvalue weighted by Gasteiger charge is -2.23. The second-order valence-corrected chi connectivity index (χ2v) is 10.1. The second kappa shape index (κ2) is 10.7. The Hall–Kier alpha value is -3.76. The minimum absolute atomic E-state index is 0.0231. The van der Waals surface area contributed by atoms with Crippen molar-refractivity contribution in [3.8, 4) is 5.75 Å². The number of anilines is 1. The molecule has 8 nitrogen and oxygen atoms in total. The summed E-state index contributed by atoms with van der Waals surface area (Å²) in [5, 5.41) is 11.5. The number of ether oxygens (including phenoxy) is 2. The van der Waals surface area contributed by atoms with Crippen LogP contribution in [-0.2, 0) is 14.3 Å². The summed E-state index contributed by atoms with van der Waals surface area (Å²) in [5.74, 6) is -2.05. The van der Waals surface area contributed by atoms with Crippen LogP contribution in [0, 0.1) is 13.8 Å². The van der Waals surface area contributed by atoms with Gasteiger partial charge in [-0.15, -0.1) is 0 Å². The topological polar surface area (TPSA) is 106 Å². The third kappa shape index (κ3) is 4.94. The van der Waals surface area contributed by atoms with Crippen LogP contribution in [-0.4, -0.2) is 41.5 Å². The van der Waals surface area contributed by atoms with E-state index >= 15 is 0 Å². The number of halogens is 1. The number of aromatic nitrogens is 1. The van der Waals surface area contributed by atoms with Crippen LogP contribution in [0.4, 0.5) is 5.13 Å². The van der Waals surface area contributed by atoms with E-state index in [1.807, 2.05) is 6.07 Å². The molecular weight excluding hydrogens is 560 g/mol. The molecule has 0 spiro atoms. The number of hydrogen-bond acceptors (Lipinski definition) is 8. The number of benzene rings is 2. The third-order valence-electron chi connectivity index (χ3n) is 5.81. The smallest absolute Gasteiger partial charge is 0.350 e. The molecule has 1 aliphatic heterocycles. The van der Waals surface area contributed by atoms with Gasteiger partial charge in [0, 0.05) is 10.0 Å². The zero-order valence-corrected chi connectivity index (χ0v) is 22.7. The predicted molar refractivity (Wildman–Crippen MR) is 144 cm³/mol. The first kappa shape index (κ1) is 26.3. The number of Topliss-reactive ketones (excluding diaryl/α,β-unsaturated/α-hetero) is 1. The molecule has 0 saturated carbocycles. The lowest BCUT2D eigenvalue weighted by atomic mass is 9.94. The van der Waals surface area contributed by atoms with E-state index in [0.29, 0.717) is 28.1 Å². The largest absolute Gasteiger partial charge is 0.507 e. The van der Waals surface area contributed by atoms with E-state index in [9.17, 15) is 19.5 Å². The number of carbonyl (C=O) groups is 3. The predicted octanol–water partition coefficient (Wildman–Crippen LogP) is 5.50. The van der Waals surface area contributed by atoms with E-state index < -0.39 is 23.7 Å². The lowest BCUT2D eigenvalue weighted by molar-refractivity contribution is -0.132. The van der Waals surface area contributed by atoms with Crippen LogP contribution in [0.2, 0.25) is 0 Å². The highest BCUT2D eigenvalue weighted by Gasteiger charge is 2.48. The van der Waals surface area contributed by atoms with Crippen molar-refractivity contribution in [2.75, 3.05) is 18.6 Å². The number of methoxy groups -OCH3 is 1. The molecule has 0 bridgehead atoms. The molecule has 2 aromatic carbocycles. The summed E-state index contributed by atoms with van der Waals surface area (Å²) in [4.78, 5) is 45.2. The number of amides is 1. The summed E-state index contributed by atoms with van der Waals surface area (Å²) in [6, 6.07) is 11.1. The molecule has 1 N–H and O–H groups in total. The Morgan fingerprint density at radius 1 is 1.24 bits per heavy atom. The molecule has 1 atom stereocenters. The van der Waals surface area contributed by atoms with Gasteiger partial charge in [-0.2, -0.15) is 0 Å². The number of ketones is 1. The zero-order chi connectivity index (χ0) is 26.9. The van der Waals surface area contributed by atoms with Crippen LogP contribution < -0.4 is 9.64 Å². The molecule has 1 unspecified atom stereocenters. The van der Waals surface area contributed by atoms with Crippen LogP contribution in [0.1, 0.15) is 38.1 Å². The molecule has 3 aromatic rings. The number of rotatable bonds is 7. The summed E-state index contributed by atoms with van der Waals surface area (Å²) in [5.41, 5.74) is 1.90. The fourth-order valence-electron chi connectivity index (χ4n) is 4.07. The number of esters is 1. The molecule has 190 valence electrons. The summed E-state index contributed by atoms with van der Waals surface area (Å²) < 4.78 is 11.1. The molecule has 0 aliphatic carbocycles. The SMILES string of the molecule is C=CCOC(=O)c1sc(N2C(=O)C(=O)C(=C(O)c3ccc(OC)cc3C)C2c2cccc(Br)c2)nc1C. The summed E-state index contributed by atoms with van der Waals surface area (Å²) in [6.45, 7) is 6.95.